The van der Waals surface area contributed by atoms with E-state index in [4.69, 9.17) is 4.74 Å². The van der Waals surface area contributed by atoms with Crippen LogP contribution in [0.1, 0.15) is 31.7 Å². The van der Waals surface area contributed by atoms with Gasteiger partial charge < -0.3 is 15.2 Å². The smallest absolute Gasteiger partial charge is 0.322 e. The molecule has 9 heteroatoms. The van der Waals surface area contributed by atoms with Crippen LogP contribution >= 0.6 is 11.3 Å². The van der Waals surface area contributed by atoms with Gasteiger partial charge in [0.05, 0.1) is 11.3 Å². The summed E-state index contributed by atoms with van der Waals surface area (Å²) in [5, 5.41) is 13.9. The first-order chi connectivity index (χ1) is 16.8. The average Bonchev–Trinajstić information content (AvgIpc) is 3.24. The Morgan fingerprint density at radius 1 is 1.11 bits per heavy atom. The van der Waals surface area contributed by atoms with E-state index in [2.05, 4.69) is 17.2 Å². The zero-order valence-corrected chi connectivity index (χ0v) is 21.0. The standard InChI is InChI=1S/C26H27NO6S2/c1-2-3-16-33-20-11-13-21(14-12-20)35(31,32)24(26(29)30)10-6-7-15-27-25(28)17-19-18-34-23-9-5-4-8-22(19)23/h4-5,8-9,11-14,18,24H,6-7,10,15-17H2,1H3,(H,27,28)(H,29,30). The van der Waals surface area contributed by atoms with E-state index >= 15 is 0 Å². The number of aliphatic carboxylic acids is 1. The van der Waals surface area contributed by atoms with Crippen LogP contribution in [0.25, 0.3) is 10.1 Å². The molecule has 0 aliphatic rings. The van der Waals surface area contributed by atoms with Gasteiger partial charge in [-0.25, -0.2) is 8.42 Å². The van der Waals surface area contributed by atoms with Gasteiger partial charge in [-0.1, -0.05) is 24.1 Å². The Bertz CT molecular complexity index is 1330. The van der Waals surface area contributed by atoms with Crippen molar-refractivity contribution in [3.63, 3.8) is 0 Å². The van der Waals surface area contributed by atoms with Gasteiger partial charge in [0.25, 0.3) is 0 Å². The molecule has 0 aliphatic carbocycles. The summed E-state index contributed by atoms with van der Waals surface area (Å²) in [6, 6.07) is 13.5. The minimum absolute atomic E-state index is 0.0486. The van der Waals surface area contributed by atoms with Gasteiger partial charge in [-0.15, -0.1) is 17.3 Å². The van der Waals surface area contributed by atoms with Crippen molar-refractivity contribution in [3.05, 3.63) is 59.5 Å². The molecule has 0 saturated heterocycles. The third-order valence-electron chi connectivity index (χ3n) is 5.42. The summed E-state index contributed by atoms with van der Waals surface area (Å²) in [5.41, 5.74) is 0.967. The fourth-order valence-electron chi connectivity index (χ4n) is 3.58. The van der Waals surface area contributed by atoms with Gasteiger partial charge in [-0.3, -0.25) is 9.59 Å². The van der Waals surface area contributed by atoms with Gasteiger partial charge >= 0.3 is 5.97 Å². The zero-order chi connectivity index (χ0) is 25.3. The van der Waals surface area contributed by atoms with E-state index in [0.29, 0.717) is 25.1 Å². The fourth-order valence-corrected chi connectivity index (χ4v) is 6.13. The first-order valence-electron chi connectivity index (χ1n) is 11.1. The van der Waals surface area contributed by atoms with Gasteiger partial charge in [0.1, 0.15) is 12.4 Å². The largest absolute Gasteiger partial charge is 0.481 e. The van der Waals surface area contributed by atoms with Crippen LogP contribution in [0.2, 0.25) is 0 Å². The lowest BCUT2D eigenvalue weighted by atomic mass is 10.1. The molecule has 2 N–H and O–H groups in total. The predicted molar refractivity (Wildman–Crippen MR) is 136 cm³/mol. The van der Waals surface area contributed by atoms with Crippen LogP contribution in [-0.4, -0.2) is 43.8 Å². The molecule has 7 nitrogen and oxygen atoms in total. The molecule has 0 aliphatic heterocycles. The number of fused-ring (bicyclic) bond motifs is 1. The SMILES string of the molecule is CC#CCOc1ccc(S(=O)(=O)C(CCCCNC(=O)Cc2csc3ccccc23)C(=O)O)cc1. The van der Waals surface area contributed by atoms with Crippen LogP contribution in [0.15, 0.2) is 58.8 Å². The minimum atomic E-state index is -4.07. The number of amides is 1. The quantitative estimate of drug-likeness (QED) is 0.279. The van der Waals surface area contributed by atoms with Crippen LogP contribution in [-0.2, 0) is 25.8 Å². The molecular formula is C26H27NO6S2. The Morgan fingerprint density at radius 3 is 2.57 bits per heavy atom. The first-order valence-corrected chi connectivity index (χ1v) is 13.6. The van der Waals surface area contributed by atoms with Crippen LogP contribution < -0.4 is 10.1 Å². The summed E-state index contributed by atoms with van der Waals surface area (Å²) in [4.78, 5) is 24.0. The number of sulfone groups is 1. The maximum absolute atomic E-state index is 12.9. The number of benzene rings is 2. The van der Waals surface area contributed by atoms with E-state index in [0.717, 1.165) is 15.6 Å². The number of nitrogens with one attached hydrogen (secondary N) is 1. The molecule has 184 valence electrons. The predicted octanol–water partition coefficient (Wildman–Crippen LogP) is 4.06. The number of carbonyl (C=O) groups is 2. The van der Waals surface area contributed by atoms with Gasteiger partial charge in [0.15, 0.2) is 15.1 Å². The van der Waals surface area contributed by atoms with Crippen LogP contribution in [0.4, 0.5) is 0 Å². The summed E-state index contributed by atoms with van der Waals surface area (Å²) in [6.07, 6.45) is 1.03. The van der Waals surface area contributed by atoms with E-state index in [1.165, 1.54) is 24.3 Å². The highest BCUT2D eigenvalue weighted by Gasteiger charge is 2.33. The molecule has 2 aromatic carbocycles. The lowest BCUT2D eigenvalue weighted by Gasteiger charge is -2.14. The van der Waals surface area contributed by atoms with Gasteiger partial charge in [-0.05, 0) is 72.8 Å². The maximum atomic E-state index is 12.9. The lowest BCUT2D eigenvalue weighted by molar-refractivity contribution is -0.136. The molecule has 1 unspecified atom stereocenters. The van der Waals surface area contributed by atoms with Gasteiger partial charge in [0, 0.05) is 11.2 Å². The van der Waals surface area contributed by atoms with Crippen molar-refractivity contribution in [2.75, 3.05) is 13.2 Å². The first kappa shape index (κ1) is 26.3. The van der Waals surface area contributed by atoms with Gasteiger partial charge in [0.2, 0.25) is 5.91 Å². The topological polar surface area (TPSA) is 110 Å². The highest BCUT2D eigenvalue weighted by atomic mass is 32.2. The van der Waals surface area contributed by atoms with E-state index in [1.54, 1.807) is 18.3 Å². The van der Waals surface area contributed by atoms with E-state index in [-0.39, 0.29) is 30.3 Å². The molecule has 1 aromatic heterocycles. The second-order valence-corrected chi connectivity index (χ2v) is 10.9. The molecule has 3 aromatic rings. The Balaban J connectivity index is 1.49. The van der Waals surface area contributed by atoms with Crippen molar-refractivity contribution >= 4 is 43.1 Å². The van der Waals surface area contributed by atoms with Crippen molar-refractivity contribution in [2.45, 2.75) is 42.8 Å². The van der Waals surface area contributed by atoms with E-state index < -0.39 is 21.1 Å². The second-order valence-electron chi connectivity index (χ2n) is 7.84. The third-order valence-corrected chi connectivity index (χ3v) is 8.55. The Kier molecular flexibility index (Phi) is 9.29. The molecule has 3 rings (SSSR count). The molecular weight excluding hydrogens is 486 g/mol. The number of thiophene rings is 1. The molecule has 35 heavy (non-hydrogen) atoms. The van der Waals surface area contributed by atoms with Crippen LogP contribution in [0, 0.1) is 11.8 Å². The van der Waals surface area contributed by atoms with Crippen LogP contribution in [0.3, 0.4) is 0 Å². The van der Waals surface area contributed by atoms with Crippen LogP contribution in [0.5, 0.6) is 5.75 Å². The highest BCUT2D eigenvalue weighted by molar-refractivity contribution is 7.92. The number of carboxylic acid groups (broad SMARTS) is 1. The van der Waals surface area contributed by atoms with Crippen molar-refractivity contribution in [2.24, 2.45) is 0 Å². The molecule has 0 spiro atoms. The number of hydrogen-bond acceptors (Lipinski definition) is 6. The molecule has 1 amide bonds. The van der Waals surface area contributed by atoms with Crippen molar-refractivity contribution in [3.8, 4) is 17.6 Å². The maximum Gasteiger partial charge on any atom is 0.322 e. The second kappa shape index (κ2) is 12.4. The number of carbonyl (C=O) groups excluding carboxylic acids is 1. The number of unbranched alkanes of at least 4 members (excludes halogenated alkanes) is 1. The normalized spacial score (nSPS) is 11.9. The fraction of sp³-hybridized carbons (Fsp3) is 0.308. The minimum Gasteiger partial charge on any atom is -0.481 e. The number of rotatable bonds is 12. The monoisotopic (exact) mass is 513 g/mol. The lowest BCUT2D eigenvalue weighted by Crippen LogP contribution is -2.31. The molecule has 0 radical (unpaired) electrons. The summed E-state index contributed by atoms with van der Waals surface area (Å²) in [6.45, 7) is 2.21. The Hall–Kier alpha value is -3.35. The molecule has 0 bridgehead atoms. The summed E-state index contributed by atoms with van der Waals surface area (Å²) < 4.78 is 32.3. The zero-order valence-electron chi connectivity index (χ0n) is 19.3. The van der Waals surface area contributed by atoms with Gasteiger partial charge in [-0.2, -0.15) is 0 Å². The van der Waals surface area contributed by atoms with E-state index in [1.807, 2.05) is 29.6 Å². The number of carboxylic acids is 1. The van der Waals surface area contributed by atoms with E-state index in [9.17, 15) is 23.1 Å². The summed E-state index contributed by atoms with van der Waals surface area (Å²) in [5.74, 6) is 4.37. The Morgan fingerprint density at radius 2 is 1.86 bits per heavy atom. The summed E-state index contributed by atoms with van der Waals surface area (Å²) >= 11 is 1.59. The van der Waals surface area contributed by atoms with Crippen molar-refractivity contribution in [1.29, 1.82) is 0 Å². The third kappa shape index (κ3) is 7.07. The Labute approximate surface area is 209 Å². The number of hydrogen-bond donors (Lipinski definition) is 2. The summed E-state index contributed by atoms with van der Waals surface area (Å²) in [7, 11) is -4.07. The van der Waals surface area contributed by atoms with Crippen molar-refractivity contribution < 1.29 is 27.9 Å². The average molecular weight is 514 g/mol. The van der Waals surface area contributed by atoms with Crippen molar-refractivity contribution in [1.82, 2.24) is 5.32 Å². The molecule has 0 fully saturated rings. The molecule has 0 saturated carbocycles. The molecule has 1 heterocycles. The highest BCUT2D eigenvalue weighted by Crippen LogP contribution is 2.26. The number of ether oxygens (including phenoxy) is 1. The molecule has 1 atom stereocenters.